The first-order valence-corrected chi connectivity index (χ1v) is 5.91. The molecule has 96 valence electrons. The van der Waals surface area contributed by atoms with Crippen LogP contribution in [-0.4, -0.2) is 10.1 Å². The zero-order valence-electron chi connectivity index (χ0n) is 10.1. The number of hydrogen-bond donors (Lipinski definition) is 2. The number of H-pyrrole nitrogens is 1. The van der Waals surface area contributed by atoms with E-state index in [4.69, 9.17) is 9.84 Å². The molecule has 0 aliphatic heterocycles. The summed E-state index contributed by atoms with van der Waals surface area (Å²) in [7, 11) is 0. The van der Waals surface area contributed by atoms with Gasteiger partial charge in [0.15, 0.2) is 0 Å². The first kappa shape index (κ1) is 11.7. The van der Waals surface area contributed by atoms with E-state index >= 15 is 0 Å². The Morgan fingerprint density at radius 2 is 1.84 bits per heavy atom. The van der Waals surface area contributed by atoms with Crippen LogP contribution >= 0.6 is 0 Å². The van der Waals surface area contributed by atoms with Crippen molar-refractivity contribution in [1.82, 2.24) is 4.98 Å². The molecule has 0 amide bonds. The Hall–Kier alpha value is -2.33. The van der Waals surface area contributed by atoms with Crippen molar-refractivity contribution < 1.29 is 14.2 Å². The van der Waals surface area contributed by atoms with Crippen LogP contribution in [0.3, 0.4) is 0 Å². The van der Waals surface area contributed by atoms with Crippen LogP contribution in [0.4, 0.5) is 4.39 Å². The number of aromatic nitrogens is 1. The van der Waals surface area contributed by atoms with Gasteiger partial charge in [-0.25, -0.2) is 4.39 Å². The number of hydrogen-bond acceptors (Lipinski definition) is 2. The molecule has 1 heterocycles. The maximum atomic E-state index is 13.9. The number of fused-ring (bicyclic) bond motifs is 1. The minimum Gasteiger partial charge on any atom is -0.457 e. The summed E-state index contributed by atoms with van der Waals surface area (Å²) in [6, 6.07) is 13.8. The molecule has 0 bridgehead atoms. The van der Waals surface area contributed by atoms with Crippen molar-refractivity contribution in [2.75, 3.05) is 0 Å². The van der Waals surface area contributed by atoms with E-state index < -0.39 is 0 Å². The van der Waals surface area contributed by atoms with Gasteiger partial charge in [-0.15, -0.1) is 0 Å². The molecule has 0 fully saturated rings. The van der Waals surface area contributed by atoms with Gasteiger partial charge >= 0.3 is 0 Å². The largest absolute Gasteiger partial charge is 0.457 e. The molecule has 0 saturated heterocycles. The van der Waals surface area contributed by atoms with Crippen LogP contribution in [0.15, 0.2) is 48.5 Å². The number of nitrogens with one attached hydrogen (secondary N) is 1. The topological polar surface area (TPSA) is 45.2 Å². The van der Waals surface area contributed by atoms with Crippen LogP contribution < -0.4 is 4.74 Å². The fourth-order valence-electron chi connectivity index (χ4n) is 2.00. The van der Waals surface area contributed by atoms with Gasteiger partial charge in [0.2, 0.25) is 0 Å². The maximum Gasteiger partial charge on any atom is 0.136 e. The fraction of sp³-hybridized carbons (Fsp3) is 0.0667. The van der Waals surface area contributed by atoms with Crippen molar-refractivity contribution >= 4 is 10.9 Å². The molecular formula is C15H12FNO2. The van der Waals surface area contributed by atoms with E-state index in [1.165, 1.54) is 6.07 Å². The van der Waals surface area contributed by atoms with E-state index in [1.807, 2.05) is 18.2 Å². The second-order valence-corrected chi connectivity index (χ2v) is 4.23. The van der Waals surface area contributed by atoms with Gasteiger partial charge in [0.05, 0.1) is 12.1 Å². The third-order valence-electron chi connectivity index (χ3n) is 2.87. The molecule has 0 atom stereocenters. The van der Waals surface area contributed by atoms with Gasteiger partial charge < -0.3 is 14.8 Å². The quantitative estimate of drug-likeness (QED) is 0.753. The Balaban J connectivity index is 2.01. The van der Waals surface area contributed by atoms with Gasteiger partial charge in [-0.3, -0.25) is 0 Å². The highest BCUT2D eigenvalue weighted by molar-refractivity contribution is 5.82. The smallest absolute Gasteiger partial charge is 0.136 e. The second-order valence-electron chi connectivity index (χ2n) is 4.23. The van der Waals surface area contributed by atoms with Gasteiger partial charge in [0, 0.05) is 23.2 Å². The zero-order valence-corrected chi connectivity index (χ0v) is 10.1. The average molecular weight is 257 g/mol. The van der Waals surface area contributed by atoms with Crippen LogP contribution in [0.5, 0.6) is 11.5 Å². The normalized spacial score (nSPS) is 10.8. The lowest BCUT2D eigenvalue weighted by Gasteiger charge is -2.05. The molecule has 0 aliphatic rings. The molecule has 3 rings (SSSR count). The van der Waals surface area contributed by atoms with Crippen LogP contribution in [-0.2, 0) is 6.61 Å². The Morgan fingerprint density at radius 3 is 2.58 bits per heavy atom. The monoisotopic (exact) mass is 257 g/mol. The molecule has 3 nitrogen and oxygen atoms in total. The average Bonchev–Trinajstić information content (AvgIpc) is 2.83. The van der Waals surface area contributed by atoms with Gasteiger partial charge in [0.1, 0.15) is 17.3 Å². The molecule has 0 aliphatic carbocycles. The predicted octanol–water partition coefficient (Wildman–Crippen LogP) is 3.59. The highest BCUT2D eigenvalue weighted by atomic mass is 19.1. The summed E-state index contributed by atoms with van der Waals surface area (Å²) in [5.74, 6) is 0.692. The zero-order chi connectivity index (χ0) is 13.2. The third kappa shape index (κ3) is 2.30. The SMILES string of the molecule is OCc1cc2c(F)cc(Oc3ccccc3)cc2[nH]1. The van der Waals surface area contributed by atoms with E-state index in [2.05, 4.69) is 4.98 Å². The van der Waals surface area contributed by atoms with Crippen molar-refractivity contribution in [3.63, 3.8) is 0 Å². The van der Waals surface area contributed by atoms with Crippen molar-refractivity contribution in [3.05, 3.63) is 60.0 Å². The summed E-state index contributed by atoms with van der Waals surface area (Å²) in [4.78, 5) is 2.94. The number of ether oxygens (including phenoxy) is 1. The number of rotatable bonds is 3. The lowest BCUT2D eigenvalue weighted by molar-refractivity contribution is 0.278. The Labute approximate surface area is 109 Å². The summed E-state index contributed by atoms with van der Waals surface area (Å²) in [6.45, 7) is -0.150. The molecular weight excluding hydrogens is 245 g/mol. The fourth-order valence-corrected chi connectivity index (χ4v) is 2.00. The van der Waals surface area contributed by atoms with Gasteiger partial charge in [0.25, 0.3) is 0 Å². The highest BCUT2D eigenvalue weighted by Gasteiger charge is 2.08. The van der Waals surface area contributed by atoms with Crippen molar-refractivity contribution in [2.24, 2.45) is 0 Å². The Morgan fingerprint density at radius 1 is 1.05 bits per heavy atom. The summed E-state index contributed by atoms with van der Waals surface area (Å²) in [5.41, 5.74) is 1.18. The molecule has 1 aromatic heterocycles. The Bertz CT molecular complexity index is 707. The first-order valence-electron chi connectivity index (χ1n) is 5.91. The van der Waals surface area contributed by atoms with Crippen LogP contribution in [0, 0.1) is 5.82 Å². The predicted molar refractivity (Wildman–Crippen MR) is 70.7 cm³/mol. The van der Waals surface area contributed by atoms with E-state index in [9.17, 15) is 4.39 Å². The summed E-state index contributed by atoms with van der Waals surface area (Å²) < 4.78 is 19.5. The molecule has 0 spiro atoms. The number of para-hydroxylation sites is 1. The molecule has 2 N–H and O–H groups in total. The maximum absolute atomic E-state index is 13.9. The summed E-state index contributed by atoms with van der Waals surface area (Å²) in [6.07, 6.45) is 0. The Kier molecular flexibility index (Phi) is 2.93. The van der Waals surface area contributed by atoms with E-state index in [-0.39, 0.29) is 12.4 Å². The van der Waals surface area contributed by atoms with Gasteiger partial charge in [-0.05, 0) is 18.2 Å². The van der Waals surface area contributed by atoms with Crippen molar-refractivity contribution in [3.8, 4) is 11.5 Å². The minimum absolute atomic E-state index is 0.150. The molecule has 19 heavy (non-hydrogen) atoms. The first-order chi connectivity index (χ1) is 9.26. The molecule has 4 heteroatoms. The third-order valence-corrected chi connectivity index (χ3v) is 2.87. The lowest BCUT2D eigenvalue weighted by Crippen LogP contribution is -1.86. The number of aliphatic hydroxyl groups excluding tert-OH is 1. The van der Waals surface area contributed by atoms with E-state index in [1.54, 1.807) is 24.3 Å². The standard InChI is InChI=1S/C15H12FNO2/c16-14-7-12(19-11-4-2-1-3-5-11)8-15-13(14)6-10(9-18)17-15/h1-8,17-18H,9H2. The highest BCUT2D eigenvalue weighted by Crippen LogP contribution is 2.28. The number of halogens is 1. The summed E-state index contributed by atoms with van der Waals surface area (Å²) in [5, 5.41) is 9.50. The molecule has 0 unspecified atom stereocenters. The van der Waals surface area contributed by atoms with E-state index in [0.29, 0.717) is 28.1 Å². The number of aliphatic hydroxyl groups is 1. The molecule has 0 radical (unpaired) electrons. The van der Waals surface area contributed by atoms with Crippen molar-refractivity contribution in [2.45, 2.75) is 6.61 Å². The van der Waals surface area contributed by atoms with Crippen LogP contribution in [0.2, 0.25) is 0 Å². The second kappa shape index (κ2) is 4.74. The lowest BCUT2D eigenvalue weighted by atomic mass is 10.2. The van der Waals surface area contributed by atoms with Crippen LogP contribution in [0.1, 0.15) is 5.69 Å². The summed E-state index contributed by atoms with van der Waals surface area (Å²) >= 11 is 0. The van der Waals surface area contributed by atoms with Gasteiger partial charge in [-0.1, -0.05) is 18.2 Å². The van der Waals surface area contributed by atoms with Gasteiger partial charge in [-0.2, -0.15) is 0 Å². The number of benzene rings is 2. The minimum atomic E-state index is -0.376. The number of aromatic amines is 1. The van der Waals surface area contributed by atoms with E-state index in [0.717, 1.165) is 0 Å². The molecule has 2 aromatic carbocycles. The molecule has 3 aromatic rings. The molecule has 0 saturated carbocycles. The van der Waals surface area contributed by atoms with Crippen molar-refractivity contribution in [1.29, 1.82) is 0 Å². The van der Waals surface area contributed by atoms with Crippen LogP contribution in [0.25, 0.3) is 10.9 Å².